The van der Waals surface area contributed by atoms with Crippen molar-refractivity contribution < 1.29 is 9.53 Å². The fraction of sp³-hybridized carbons (Fsp3) is 0.250. The van der Waals surface area contributed by atoms with Gasteiger partial charge in [-0.15, -0.1) is 0 Å². The van der Waals surface area contributed by atoms with Gasteiger partial charge in [0.05, 0.1) is 5.56 Å². The third-order valence-corrected chi connectivity index (χ3v) is 2.45. The van der Waals surface area contributed by atoms with Crippen LogP contribution in [0.2, 0.25) is 0 Å². The first-order chi connectivity index (χ1) is 8.20. The smallest absolute Gasteiger partial charge is 0.164 e. The van der Waals surface area contributed by atoms with E-state index in [0.717, 1.165) is 11.8 Å². The number of benzene rings is 1. The van der Waals surface area contributed by atoms with Crippen LogP contribution in [0.3, 0.4) is 0 Å². The number of carbonyl (C=O) groups excluding carboxylic acids is 1. The fourth-order valence-electron chi connectivity index (χ4n) is 1.48. The molecule has 0 saturated heterocycles. The van der Waals surface area contributed by atoms with E-state index in [1.165, 1.54) is 6.33 Å². The van der Waals surface area contributed by atoms with Gasteiger partial charge in [-0.2, -0.15) is 5.10 Å². The van der Waals surface area contributed by atoms with Crippen LogP contribution >= 0.6 is 0 Å². The largest absolute Gasteiger partial charge is 0.485 e. The summed E-state index contributed by atoms with van der Waals surface area (Å²) in [5.74, 6) is 1.27. The van der Waals surface area contributed by atoms with E-state index in [0.29, 0.717) is 23.7 Å². The van der Waals surface area contributed by atoms with E-state index in [4.69, 9.17) is 4.74 Å². The van der Waals surface area contributed by atoms with Crippen molar-refractivity contribution in [3.8, 4) is 5.75 Å². The van der Waals surface area contributed by atoms with E-state index in [1.807, 2.05) is 13.0 Å². The molecule has 17 heavy (non-hydrogen) atoms. The molecule has 2 aromatic rings. The second kappa shape index (κ2) is 4.78. The summed E-state index contributed by atoms with van der Waals surface area (Å²) >= 11 is 0. The third kappa shape index (κ3) is 2.50. The van der Waals surface area contributed by atoms with Gasteiger partial charge < -0.3 is 4.74 Å². The van der Waals surface area contributed by atoms with E-state index < -0.39 is 0 Å². The van der Waals surface area contributed by atoms with Gasteiger partial charge in [0.1, 0.15) is 18.7 Å². The lowest BCUT2D eigenvalue weighted by Crippen LogP contribution is -2.05. The number of rotatable bonds is 4. The molecular weight excluding hydrogens is 218 g/mol. The molecule has 0 spiro atoms. The number of aromatic nitrogens is 3. The summed E-state index contributed by atoms with van der Waals surface area (Å²) < 4.78 is 7.19. The molecule has 0 amide bonds. The van der Waals surface area contributed by atoms with E-state index in [-0.39, 0.29) is 0 Å². The first kappa shape index (κ1) is 11.3. The number of carbonyl (C=O) groups is 1. The van der Waals surface area contributed by atoms with E-state index in [1.54, 1.807) is 23.9 Å². The zero-order chi connectivity index (χ0) is 12.3. The van der Waals surface area contributed by atoms with Gasteiger partial charge in [0.2, 0.25) is 0 Å². The predicted octanol–water partition coefficient (Wildman–Crippen LogP) is 1.52. The van der Waals surface area contributed by atoms with E-state index in [9.17, 15) is 4.79 Å². The summed E-state index contributed by atoms with van der Waals surface area (Å²) in [5, 5.41) is 3.94. The van der Waals surface area contributed by atoms with Crippen molar-refractivity contribution in [2.24, 2.45) is 7.05 Å². The molecule has 0 unspecified atom stereocenters. The number of nitrogens with zero attached hydrogens (tertiary/aromatic N) is 3. The van der Waals surface area contributed by atoms with Crippen LogP contribution in [0.25, 0.3) is 0 Å². The Hall–Kier alpha value is -2.17. The molecule has 1 heterocycles. The summed E-state index contributed by atoms with van der Waals surface area (Å²) in [7, 11) is 1.79. The number of ether oxygens (including phenoxy) is 1. The lowest BCUT2D eigenvalue weighted by Gasteiger charge is -2.08. The Kier molecular flexibility index (Phi) is 3.18. The number of hydrogen-bond acceptors (Lipinski definition) is 4. The highest BCUT2D eigenvalue weighted by molar-refractivity contribution is 5.79. The van der Waals surface area contributed by atoms with Crippen LogP contribution in [0.4, 0.5) is 0 Å². The molecular formula is C12H13N3O2. The summed E-state index contributed by atoms with van der Waals surface area (Å²) in [6, 6.07) is 5.48. The van der Waals surface area contributed by atoms with E-state index >= 15 is 0 Å². The molecule has 0 aliphatic carbocycles. The van der Waals surface area contributed by atoms with Crippen molar-refractivity contribution in [3.63, 3.8) is 0 Å². The number of aryl methyl sites for hydroxylation is 2. The van der Waals surface area contributed by atoms with Crippen LogP contribution in [0.5, 0.6) is 5.75 Å². The zero-order valence-electron chi connectivity index (χ0n) is 9.75. The van der Waals surface area contributed by atoms with Gasteiger partial charge in [0, 0.05) is 7.05 Å². The maximum atomic E-state index is 10.9. The molecule has 0 N–H and O–H groups in total. The van der Waals surface area contributed by atoms with Crippen LogP contribution < -0.4 is 4.74 Å². The molecule has 0 aliphatic heterocycles. The molecule has 2 rings (SSSR count). The second-order valence-electron chi connectivity index (χ2n) is 3.75. The van der Waals surface area contributed by atoms with Crippen molar-refractivity contribution in [1.82, 2.24) is 14.8 Å². The van der Waals surface area contributed by atoms with Gasteiger partial charge in [-0.3, -0.25) is 9.48 Å². The average molecular weight is 231 g/mol. The van der Waals surface area contributed by atoms with Crippen molar-refractivity contribution in [2.75, 3.05) is 0 Å². The molecule has 0 aliphatic rings. The van der Waals surface area contributed by atoms with Gasteiger partial charge in [-0.25, -0.2) is 4.98 Å². The first-order valence-corrected chi connectivity index (χ1v) is 5.22. The minimum Gasteiger partial charge on any atom is -0.485 e. The molecule has 0 fully saturated rings. The van der Waals surface area contributed by atoms with E-state index in [2.05, 4.69) is 10.1 Å². The highest BCUT2D eigenvalue weighted by Crippen LogP contribution is 2.19. The SMILES string of the molecule is Cc1ccc(OCc2ncnn2C)c(C=O)c1. The Morgan fingerprint density at radius 1 is 1.47 bits per heavy atom. The lowest BCUT2D eigenvalue weighted by molar-refractivity contribution is 0.111. The first-order valence-electron chi connectivity index (χ1n) is 5.22. The topological polar surface area (TPSA) is 57.0 Å². The highest BCUT2D eigenvalue weighted by atomic mass is 16.5. The summed E-state index contributed by atoms with van der Waals surface area (Å²) in [6.07, 6.45) is 2.26. The highest BCUT2D eigenvalue weighted by Gasteiger charge is 2.06. The Labute approximate surface area is 99.1 Å². The molecule has 0 radical (unpaired) electrons. The Morgan fingerprint density at radius 3 is 2.94 bits per heavy atom. The monoisotopic (exact) mass is 231 g/mol. The predicted molar refractivity (Wildman–Crippen MR) is 61.9 cm³/mol. The molecule has 5 nitrogen and oxygen atoms in total. The summed E-state index contributed by atoms with van der Waals surface area (Å²) in [4.78, 5) is 14.9. The molecule has 5 heteroatoms. The van der Waals surface area contributed by atoms with Crippen LogP contribution in [0.15, 0.2) is 24.5 Å². The van der Waals surface area contributed by atoms with Crippen molar-refractivity contribution in [3.05, 3.63) is 41.5 Å². The third-order valence-electron chi connectivity index (χ3n) is 2.45. The van der Waals surface area contributed by atoms with Crippen LogP contribution in [-0.2, 0) is 13.7 Å². The fourth-order valence-corrected chi connectivity index (χ4v) is 1.48. The van der Waals surface area contributed by atoms with Crippen LogP contribution in [0, 0.1) is 6.92 Å². The van der Waals surface area contributed by atoms with Crippen LogP contribution in [0.1, 0.15) is 21.7 Å². The van der Waals surface area contributed by atoms with Crippen molar-refractivity contribution in [2.45, 2.75) is 13.5 Å². The normalized spacial score (nSPS) is 10.2. The van der Waals surface area contributed by atoms with Crippen molar-refractivity contribution >= 4 is 6.29 Å². The number of aldehydes is 1. The lowest BCUT2D eigenvalue weighted by atomic mass is 10.1. The molecule has 0 atom stereocenters. The Balaban J connectivity index is 2.14. The maximum Gasteiger partial charge on any atom is 0.164 e. The Morgan fingerprint density at radius 2 is 2.29 bits per heavy atom. The summed E-state index contributed by atoms with van der Waals surface area (Å²) in [6.45, 7) is 2.22. The maximum absolute atomic E-state index is 10.9. The van der Waals surface area contributed by atoms with Crippen LogP contribution in [-0.4, -0.2) is 21.1 Å². The van der Waals surface area contributed by atoms with Crippen molar-refractivity contribution in [1.29, 1.82) is 0 Å². The standard InChI is InChI=1S/C12H13N3O2/c1-9-3-4-11(10(5-9)6-16)17-7-12-13-8-14-15(12)2/h3-6,8H,7H2,1-2H3. The Bertz CT molecular complexity index is 534. The minimum atomic E-state index is 0.292. The molecule has 0 saturated carbocycles. The molecule has 1 aromatic heterocycles. The number of hydrogen-bond donors (Lipinski definition) is 0. The van der Waals surface area contributed by atoms with Gasteiger partial charge in [0.15, 0.2) is 12.1 Å². The molecule has 0 bridgehead atoms. The quantitative estimate of drug-likeness (QED) is 0.748. The second-order valence-corrected chi connectivity index (χ2v) is 3.75. The zero-order valence-corrected chi connectivity index (χ0v) is 9.75. The summed E-state index contributed by atoms with van der Waals surface area (Å²) in [5.41, 5.74) is 1.57. The van der Waals surface area contributed by atoms with Gasteiger partial charge >= 0.3 is 0 Å². The van der Waals surface area contributed by atoms with Gasteiger partial charge in [-0.1, -0.05) is 11.6 Å². The average Bonchev–Trinajstić information content (AvgIpc) is 2.73. The molecule has 88 valence electrons. The van der Waals surface area contributed by atoms with Gasteiger partial charge in [-0.05, 0) is 19.1 Å². The van der Waals surface area contributed by atoms with Gasteiger partial charge in [0.25, 0.3) is 0 Å². The molecule has 1 aromatic carbocycles. The minimum absolute atomic E-state index is 0.292.